The number of halogens is 1. The zero-order valence-corrected chi connectivity index (χ0v) is 8.74. The fraction of sp³-hybridized carbons (Fsp3) is 0.455. The van der Waals surface area contributed by atoms with Crippen molar-refractivity contribution in [1.29, 1.82) is 0 Å². The van der Waals surface area contributed by atoms with Gasteiger partial charge in [0.1, 0.15) is 0 Å². The second-order valence-electron chi connectivity index (χ2n) is 3.30. The van der Waals surface area contributed by atoms with E-state index in [1.54, 1.807) is 0 Å². The Morgan fingerprint density at radius 1 is 1.14 bits per heavy atom. The van der Waals surface area contributed by atoms with Crippen LogP contribution in [-0.2, 0) is 0 Å². The third-order valence-corrected chi connectivity index (χ3v) is 2.52. The molecule has 78 valence electrons. The van der Waals surface area contributed by atoms with Gasteiger partial charge in [0.2, 0.25) is 0 Å². The van der Waals surface area contributed by atoms with Gasteiger partial charge in [0.15, 0.2) is 0 Å². The molecule has 0 unspecified atom stereocenters. The van der Waals surface area contributed by atoms with Crippen LogP contribution in [0.1, 0.15) is 24.3 Å². The molecule has 1 rings (SSSR count). The Balaban J connectivity index is 2.64. The number of aliphatic hydroxyl groups is 2. The molecule has 0 spiro atoms. The molecule has 3 heteroatoms. The fourth-order valence-corrected chi connectivity index (χ4v) is 1.56. The van der Waals surface area contributed by atoms with E-state index < -0.39 is 0 Å². The molecule has 0 bridgehead atoms. The highest BCUT2D eigenvalue weighted by Crippen LogP contribution is 2.22. The monoisotopic (exact) mass is 214 g/mol. The maximum Gasteiger partial charge on any atom is 0.0499 e. The molecule has 0 fully saturated rings. The van der Waals surface area contributed by atoms with Crippen LogP contribution in [0.15, 0.2) is 24.3 Å². The summed E-state index contributed by atoms with van der Waals surface area (Å²) in [5.74, 6) is 0.111. The van der Waals surface area contributed by atoms with Crippen LogP contribution in [0.25, 0.3) is 0 Å². The molecule has 14 heavy (non-hydrogen) atoms. The van der Waals surface area contributed by atoms with Gasteiger partial charge >= 0.3 is 0 Å². The van der Waals surface area contributed by atoms with Gasteiger partial charge in [-0.15, -0.1) is 0 Å². The van der Waals surface area contributed by atoms with E-state index >= 15 is 0 Å². The fourth-order valence-electron chi connectivity index (χ4n) is 1.44. The van der Waals surface area contributed by atoms with E-state index in [-0.39, 0.29) is 19.1 Å². The van der Waals surface area contributed by atoms with Crippen molar-refractivity contribution in [3.05, 3.63) is 34.9 Å². The molecule has 0 aliphatic carbocycles. The van der Waals surface area contributed by atoms with Crippen LogP contribution in [0.5, 0.6) is 0 Å². The van der Waals surface area contributed by atoms with Crippen LogP contribution in [0.2, 0.25) is 5.02 Å². The maximum atomic E-state index is 9.16. The Morgan fingerprint density at radius 3 is 2.29 bits per heavy atom. The van der Waals surface area contributed by atoms with Gasteiger partial charge in [0.05, 0.1) is 0 Å². The summed E-state index contributed by atoms with van der Waals surface area (Å²) in [6.45, 7) is 0.283. The van der Waals surface area contributed by atoms with Gasteiger partial charge in [0, 0.05) is 24.2 Å². The quantitative estimate of drug-likeness (QED) is 0.789. The van der Waals surface area contributed by atoms with Gasteiger partial charge in [-0.1, -0.05) is 23.7 Å². The number of rotatable bonds is 5. The first-order valence-electron chi connectivity index (χ1n) is 4.75. The van der Waals surface area contributed by atoms with Crippen LogP contribution >= 0.6 is 11.6 Å². The molecule has 2 N–H and O–H groups in total. The summed E-state index contributed by atoms with van der Waals surface area (Å²) in [6.07, 6.45) is 1.52. The van der Waals surface area contributed by atoms with Crippen LogP contribution in [-0.4, -0.2) is 23.4 Å². The third kappa shape index (κ3) is 3.29. The van der Waals surface area contributed by atoms with Crippen molar-refractivity contribution in [3.63, 3.8) is 0 Å². The molecule has 2 nitrogen and oxygen atoms in total. The first kappa shape index (κ1) is 11.5. The molecule has 0 heterocycles. The number of hydrogen-bond donors (Lipinski definition) is 2. The number of aliphatic hydroxyl groups excluding tert-OH is 2. The van der Waals surface area contributed by atoms with Gasteiger partial charge in [0.25, 0.3) is 0 Å². The molecular formula is C11H15ClO2. The summed E-state index contributed by atoms with van der Waals surface area (Å²) in [4.78, 5) is 0. The molecule has 0 amide bonds. The van der Waals surface area contributed by atoms with Crippen LogP contribution < -0.4 is 0 Å². The molecule has 1 atom stereocenters. The zero-order chi connectivity index (χ0) is 10.4. The summed E-state index contributed by atoms with van der Waals surface area (Å²) in [5, 5.41) is 18.6. The Morgan fingerprint density at radius 2 is 1.79 bits per heavy atom. The molecule has 0 aliphatic heterocycles. The minimum absolute atomic E-state index is 0.111. The summed E-state index contributed by atoms with van der Waals surface area (Å²) in [6, 6.07) is 7.47. The first-order chi connectivity index (χ1) is 6.77. The Labute approximate surface area is 89.1 Å². The van der Waals surface area contributed by atoms with Crippen LogP contribution in [0.3, 0.4) is 0 Å². The van der Waals surface area contributed by atoms with Crippen LogP contribution in [0, 0.1) is 0 Å². The number of hydrogen-bond acceptors (Lipinski definition) is 2. The molecular weight excluding hydrogens is 200 g/mol. The Hall–Kier alpha value is -0.570. The normalized spacial score (nSPS) is 12.8. The van der Waals surface area contributed by atoms with Crippen molar-refractivity contribution < 1.29 is 10.2 Å². The predicted octanol–water partition coefficient (Wildman–Crippen LogP) is 2.19. The zero-order valence-electron chi connectivity index (χ0n) is 7.99. The van der Waals surface area contributed by atoms with Gasteiger partial charge < -0.3 is 10.2 Å². The lowest BCUT2D eigenvalue weighted by Crippen LogP contribution is -2.04. The van der Waals surface area contributed by atoms with E-state index in [0.29, 0.717) is 11.4 Å². The lowest BCUT2D eigenvalue weighted by molar-refractivity contribution is 0.237. The highest BCUT2D eigenvalue weighted by atomic mass is 35.5. The average Bonchev–Trinajstić information content (AvgIpc) is 2.21. The smallest absolute Gasteiger partial charge is 0.0499 e. The van der Waals surface area contributed by atoms with Crippen molar-refractivity contribution in [3.8, 4) is 0 Å². The van der Waals surface area contributed by atoms with E-state index in [4.69, 9.17) is 21.8 Å². The van der Waals surface area contributed by atoms with E-state index in [0.717, 1.165) is 12.0 Å². The summed E-state index contributed by atoms with van der Waals surface area (Å²) < 4.78 is 0. The summed E-state index contributed by atoms with van der Waals surface area (Å²) in [5.41, 5.74) is 1.07. The molecule has 0 saturated carbocycles. The van der Waals surface area contributed by atoms with Gasteiger partial charge in [-0.05, 0) is 30.5 Å². The third-order valence-electron chi connectivity index (χ3n) is 2.27. The highest BCUT2D eigenvalue weighted by Gasteiger charge is 2.09. The van der Waals surface area contributed by atoms with Crippen LogP contribution in [0.4, 0.5) is 0 Å². The molecule has 0 saturated heterocycles. The first-order valence-corrected chi connectivity index (χ1v) is 5.13. The van der Waals surface area contributed by atoms with E-state index in [9.17, 15) is 0 Å². The molecule has 0 radical (unpaired) electrons. The van der Waals surface area contributed by atoms with Gasteiger partial charge in [-0.2, -0.15) is 0 Å². The van der Waals surface area contributed by atoms with Crippen molar-refractivity contribution in [1.82, 2.24) is 0 Å². The van der Waals surface area contributed by atoms with Crippen molar-refractivity contribution in [2.75, 3.05) is 13.2 Å². The minimum Gasteiger partial charge on any atom is -0.396 e. The summed E-state index contributed by atoms with van der Waals surface area (Å²) >= 11 is 5.76. The second-order valence-corrected chi connectivity index (χ2v) is 3.73. The molecule has 1 aromatic rings. The molecule has 0 aliphatic rings. The van der Waals surface area contributed by atoms with Crippen molar-refractivity contribution >= 4 is 11.6 Å². The lowest BCUT2D eigenvalue weighted by atomic mass is 9.95. The molecule has 0 aromatic heterocycles. The van der Waals surface area contributed by atoms with Gasteiger partial charge in [-0.3, -0.25) is 0 Å². The highest BCUT2D eigenvalue weighted by molar-refractivity contribution is 6.30. The van der Waals surface area contributed by atoms with Gasteiger partial charge in [-0.25, -0.2) is 0 Å². The maximum absolute atomic E-state index is 9.16. The van der Waals surface area contributed by atoms with Crippen molar-refractivity contribution in [2.45, 2.75) is 18.8 Å². The molecule has 1 aromatic carbocycles. The van der Waals surface area contributed by atoms with E-state index in [2.05, 4.69) is 0 Å². The summed E-state index contributed by atoms with van der Waals surface area (Å²) in [7, 11) is 0. The largest absolute Gasteiger partial charge is 0.396 e. The SMILES string of the molecule is OCCC[C@@H](CO)c1ccc(Cl)cc1. The average molecular weight is 215 g/mol. The minimum atomic E-state index is 0.111. The number of benzene rings is 1. The predicted molar refractivity (Wildman–Crippen MR) is 57.6 cm³/mol. The lowest BCUT2D eigenvalue weighted by Gasteiger charge is -2.13. The second kappa shape index (κ2) is 6.02. The van der Waals surface area contributed by atoms with E-state index in [1.165, 1.54) is 0 Å². The van der Waals surface area contributed by atoms with E-state index in [1.807, 2.05) is 24.3 Å². The van der Waals surface area contributed by atoms with Crippen molar-refractivity contribution in [2.24, 2.45) is 0 Å². The standard InChI is InChI=1S/C11H15ClO2/c12-11-5-3-9(4-6-11)10(8-14)2-1-7-13/h3-6,10,13-14H,1-2,7-8H2/t10-/m0/s1. The Kier molecular flexibility index (Phi) is 4.94. The Bertz CT molecular complexity index is 258. The topological polar surface area (TPSA) is 40.5 Å².